The topological polar surface area (TPSA) is 92.8 Å². The van der Waals surface area contributed by atoms with Crippen molar-refractivity contribution in [2.45, 2.75) is 53.9 Å². The Morgan fingerprint density at radius 3 is 2.28 bits per heavy atom. The number of pyridine rings is 1. The number of benzene rings is 2. The quantitative estimate of drug-likeness (QED) is 0.315. The van der Waals surface area contributed by atoms with Gasteiger partial charge in [0.15, 0.2) is 0 Å². The minimum Gasteiger partial charge on any atom is -0.492 e. The predicted octanol–water partition coefficient (Wildman–Crippen LogP) is 6.09. The first-order valence-corrected chi connectivity index (χ1v) is 15.0. The highest BCUT2D eigenvalue weighted by molar-refractivity contribution is 6.05. The van der Waals surface area contributed by atoms with E-state index in [4.69, 9.17) is 9.47 Å². The number of hydrogen-bond donors (Lipinski definition) is 2. The minimum absolute atomic E-state index is 0.00887. The second-order valence-corrected chi connectivity index (χ2v) is 13.4. The van der Waals surface area contributed by atoms with Crippen molar-refractivity contribution in [3.63, 3.8) is 0 Å². The van der Waals surface area contributed by atoms with Crippen LogP contribution in [0.25, 0.3) is 11.1 Å². The number of hydrogen-bond acceptors (Lipinski definition) is 6. The zero-order chi connectivity index (χ0) is 31.2. The molecule has 1 fully saturated rings. The lowest BCUT2D eigenvalue weighted by Gasteiger charge is -2.26. The van der Waals surface area contributed by atoms with Crippen molar-refractivity contribution >= 4 is 17.5 Å². The molecule has 1 aliphatic rings. The van der Waals surface area contributed by atoms with Crippen molar-refractivity contribution in [1.29, 1.82) is 0 Å². The Morgan fingerprint density at radius 1 is 0.930 bits per heavy atom. The van der Waals surface area contributed by atoms with Crippen LogP contribution < -0.4 is 15.4 Å². The van der Waals surface area contributed by atoms with Gasteiger partial charge in [-0.15, -0.1) is 0 Å². The number of nitrogens with one attached hydrogen (secondary N) is 2. The van der Waals surface area contributed by atoms with Crippen molar-refractivity contribution < 1.29 is 19.1 Å². The molecule has 0 radical (unpaired) electrons. The summed E-state index contributed by atoms with van der Waals surface area (Å²) in [7, 11) is 0. The third kappa shape index (κ3) is 9.37. The Balaban J connectivity index is 1.48. The molecule has 3 aromatic rings. The summed E-state index contributed by atoms with van der Waals surface area (Å²) in [6.07, 6.45) is 1.67. The van der Waals surface area contributed by atoms with Crippen molar-refractivity contribution in [2.75, 3.05) is 51.3 Å². The molecule has 0 spiro atoms. The molecule has 2 N–H and O–H groups in total. The maximum absolute atomic E-state index is 13.5. The summed E-state index contributed by atoms with van der Waals surface area (Å²) >= 11 is 0. The highest BCUT2D eigenvalue weighted by Crippen LogP contribution is 2.29. The Hall–Kier alpha value is -3.75. The number of carbonyl (C=O) groups is 2. The first-order chi connectivity index (χ1) is 20.3. The van der Waals surface area contributed by atoms with Gasteiger partial charge in [-0.2, -0.15) is 0 Å². The van der Waals surface area contributed by atoms with Gasteiger partial charge < -0.3 is 20.1 Å². The smallest absolute Gasteiger partial charge is 0.255 e. The number of rotatable bonds is 9. The van der Waals surface area contributed by atoms with Crippen LogP contribution in [-0.2, 0) is 10.2 Å². The fourth-order valence-corrected chi connectivity index (χ4v) is 4.71. The number of nitrogens with zero attached hydrogens (tertiary/aromatic N) is 2. The van der Waals surface area contributed by atoms with Crippen LogP contribution >= 0.6 is 0 Å². The summed E-state index contributed by atoms with van der Waals surface area (Å²) in [5, 5.41) is 6.01. The second-order valence-electron chi connectivity index (χ2n) is 13.4. The van der Waals surface area contributed by atoms with E-state index in [1.807, 2.05) is 49.4 Å². The van der Waals surface area contributed by atoms with E-state index in [1.165, 1.54) is 0 Å². The Morgan fingerprint density at radius 2 is 1.63 bits per heavy atom. The van der Waals surface area contributed by atoms with Gasteiger partial charge in [0.1, 0.15) is 12.4 Å². The zero-order valence-electron chi connectivity index (χ0n) is 26.7. The summed E-state index contributed by atoms with van der Waals surface area (Å²) in [5.41, 5.74) is 5.22. The average molecular weight is 587 g/mol. The summed E-state index contributed by atoms with van der Waals surface area (Å²) in [4.78, 5) is 32.9. The number of aromatic nitrogens is 1. The summed E-state index contributed by atoms with van der Waals surface area (Å²) in [6.45, 7) is 19.8. The zero-order valence-corrected chi connectivity index (χ0v) is 26.7. The molecule has 1 aromatic heterocycles. The van der Waals surface area contributed by atoms with E-state index in [0.717, 1.165) is 55.2 Å². The lowest BCUT2D eigenvalue weighted by atomic mass is 9.86. The van der Waals surface area contributed by atoms with Gasteiger partial charge >= 0.3 is 0 Å². The van der Waals surface area contributed by atoms with E-state index in [9.17, 15) is 9.59 Å². The van der Waals surface area contributed by atoms with Crippen LogP contribution in [0.1, 0.15) is 73.5 Å². The molecule has 2 heterocycles. The van der Waals surface area contributed by atoms with Crippen LogP contribution in [-0.4, -0.2) is 67.7 Å². The second kappa shape index (κ2) is 13.7. The maximum atomic E-state index is 13.5. The summed E-state index contributed by atoms with van der Waals surface area (Å²) in [6, 6.07) is 15.1. The van der Waals surface area contributed by atoms with E-state index in [1.54, 1.807) is 12.3 Å². The van der Waals surface area contributed by atoms with Crippen LogP contribution in [0.2, 0.25) is 0 Å². The van der Waals surface area contributed by atoms with Crippen LogP contribution in [0.5, 0.6) is 5.75 Å². The molecule has 4 rings (SSSR count). The molecule has 0 saturated carbocycles. The monoisotopic (exact) mass is 586 g/mol. The normalized spacial score (nSPS) is 14.3. The molecule has 1 aliphatic heterocycles. The van der Waals surface area contributed by atoms with Crippen LogP contribution in [0, 0.1) is 12.3 Å². The number of anilines is 1. The van der Waals surface area contributed by atoms with Crippen molar-refractivity contribution in [3.05, 3.63) is 77.1 Å². The van der Waals surface area contributed by atoms with Gasteiger partial charge in [0, 0.05) is 48.6 Å². The number of amides is 2. The number of carbonyl (C=O) groups excluding carboxylic acids is 2. The highest BCUT2D eigenvalue weighted by atomic mass is 16.5. The third-order valence-corrected chi connectivity index (χ3v) is 7.40. The van der Waals surface area contributed by atoms with Crippen LogP contribution in [0.3, 0.4) is 0 Å². The highest BCUT2D eigenvalue weighted by Gasteiger charge is 2.20. The fourth-order valence-electron chi connectivity index (χ4n) is 4.71. The van der Waals surface area contributed by atoms with Gasteiger partial charge in [0.2, 0.25) is 0 Å². The van der Waals surface area contributed by atoms with Gasteiger partial charge in [0.25, 0.3) is 11.8 Å². The number of aryl methyl sites for hydroxylation is 1. The summed E-state index contributed by atoms with van der Waals surface area (Å²) < 4.78 is 11.6. The Bertz CT molecular complexity index is 1420. The molecule has 8 nitrogen and oxygen atoms in total. The molecule has 43 heavy (non-hydrogen) atoms. The first-order valence-electron chi connectivity index (χ1n) is 15.0. The third-order valence-electron chi connectivity index (χ3n) is 7.40. The lowest BCUT2D eigenvalue weighted by Crippen LogP contribution is -2.38. The SMILES string of the molecule is Cc1ncc(NC(=O)c2cc(OCCN3CCOCC3)cc(C(C)(C)C)c2)cc1-c1ccc(C(=O)NCC(C)(C)C)cc1. The molecule has 8 heteroatoms. The van der Waals surface area contributed by atoms with E-state index in [2.05, 4.69) is 62.1 Å². The van der Waals surface area contributed by atoms with Gasteiger partial charge in [-0.1, -0.05) is 53.7 Å². The largest absolute Gasteiger partial charge is 0.492 e. The number of morpholine rings is 1. The average Bonchev–Trinajstić information content (AvgIpc) is 2.96. The molecule has 2 aromatic carbocycles. The predicted molar refractivity (Wildman–Crippen MR) is 172 cm³/mol. The van der Waals surface area contributed by atoms with E-state index in [0.29, 0.717) is 35.7 Å². The van der Waals surface area contributed by atoms with E-state index < -0.39 is 0 Å². The molecule has 1 saturated heterocycles. The van der Waals surface area contributed by atoms with Crippen molar-refractivity contribution in [1.82, 2.24) is 15.2 Å². The van der Waals surface area contributed by atoms with Crippen molar-refractivity contribution in [3.8, 4) is 16.9 Å². The molecule has 0 aliphatic carbocycles. The minimum atomic E-state index is -0.230. The van der Waals surface area contributed by atoms with E-state index >= 15 is 0 Å². The number of ether oxygens (including phenoxy) is 2. The standard InChI is InChI=1S/C35H46N4O4/c1-24-31(25-8-10-26(11-9-25)32(40)37-23-34(2,3)4)21-29(22-36-24)38-33(41)27-18-28(35(5,6)7)20-30(19-27)43-17-14-39-12-15-42-16-13-39/h8-11,18-22H,12-17,23H2,1-7H3,(H,37,40)(H,38,41). The van der Waals surface area contributed by atoms with Gasteiger partial charge in [-0.25, -0.2) is 0 Å². The molecule has 0 bridgehead atoms. The van der Waals surface area contributed by atoms with Gasteiger partial charge in [0.05, 0.1) is 25.1 Å². The molecule has 2 amide bonds. The van der Waals surface area contributed by atoms with Crippen LogP contribution in [0.15, 0.2) is 54.7 Å². The molecular formula is C35H46N4O4. The molecule has 0 atom stereocenters. The molecule has 230 valence electrons. The Kier molecular flexibility index (Phi) is 10.2. The summed E-state index contributed by atoms with van der Waals surface area (Å²) in [5.74, 6) is 0.353. The Labute approximate surface area is 256 Å². The molecular weight excluding hydrogens is 540 g/mol. The lowest BCUT2D eigenvalue weighted by molar-refractivity contribution is 0.0322. The van der Waals surface area contributed by atoms with Gasteiger partial charge in [-0.3, -0.25) is 19.5 Å². The first kappa shape index (κ1) is 32.2. The van der Waals surface area contributed by atoms with Crippen LogP contribution in [0.4, 0.5) is 5.69 Å². The molecule has 0 unspecified atom stereocenters. The maximum Gasteiger partial charge on any atom is 0.255 e. The van der Waals surface area contributed by atoms with Crippen molar-refractivity contribution in [2.24, 2.45) is 5.41 Å². The fraction of sp³-hybridized carbons (Fsp3) is 0.457. The van der Waals surface area contributed by atoms with E-state index in [-0.39, 0.29) is 22.6 Å². The van der Waals surface area contributed by atoms with Gasteiger partial charge in [-0.05, 0) is 65.3 Å².